The van der Waals surface area contributed by atoms with E-state index < -0.39 is 29.1 Å². The molecule has 0 spiro atoms. The summed E-state index contributed by atoms with van der Waals surface area (Å²) < 4.78 is 7.16. The molecule has 2 aromatic rings. The molecule has 34 heavy (non-hydrogen) atoms. The molecule has 1 N–H and O–H groups in total. The number of aldehydes is 1. The molecular formula is C25H32N4O5. The Bertz CT molecular complexity index is 1090. The van der Waals surface area contributed by atoms with Gasteiger partial charge < -0.3 is 24.3 Å². The van der Waals surface area contributed by atoms with Crippen LogP contribution in [0.3, 0.4) is 0 Å². The molecular weight excluding hydrogens is 436 g/mol. The van der Waals surface area contributed by atoms with Crippen LogP contribution in [0.1, 0.15) is 73.9 Å². The Kier molecular flexibility index (Phi) is 6.95. The maximum atomic E-state index is 13.2. The molecule has 0 radical (unpaired) electrons. The number of ether oxygens (including phenoxy) is 1. The van der Waals surface area contributed by atoms with E-state index in [1.54, 1.807) is 49.6 Å². The fourth-order valence-electron chi connectivity index (χ4n) is 3.59. The predicted molar refractivity (Wildman–Crippen MR) is 126 cm³/mol. The monoisotopic (exact) mass is 468 g/mol. The number of carbonyl (C=O) groups is 4. The summed E-state index contributed by atoms with van der Waals surface area (Å²) in [6.45, 7) is 11.5. The molecule has 1 atom stereocenters. The number of aromatic nitrogens is 2. The molecule has 1 aliphatic heterocycles. The molecule has 9 nitrogen and oxygen atoms in total. The first-order valence-corrected chi connectivity index (χ1v) is 11.2. The van der Waals surface area contributed by atoms with Gasteiger partial charge in [0.2, 0.25) is 5.78 Å². The largest absolute Gasteiger partial charge is 0.444 e. The highest BCUT2D eigenvalue weighted by Crippen LogP contribution is 2.24. The van der Waals surface area contributed by atoms with E-state index in [2.05, 4.69) is 10.3 Å². The highest BCUT2D eigenvalue weighted by molar-refractivity contribution is 6.08. The first-order valence-electron chi connectivity index (χ1n) is 11.2. The van der Waals surface area contributed by atoms with Gasteiger partial charge in [0.25, 0.3) is 5.91 Å². The Morgan fingerprint density at radius 2 is 1.71 bits per heavy atom. The summed E-state index contributed by atoms with van der Waals surface area (Å²) in [4.78, 5) is 56.6. The van der Waals surface area contributed by atoms with Crippen molar-refractivity contribution in [1.29, 1.82) is 0 Å². The quantitative estimate of drug-likeness (QED) is 0.533. The van der Waals surface area contributed by atoms with Crippen LogP contribution in [0.2, 0.25) is 0 Å². The van der Waals surface area contributed by atoms with Crippen molar-refractivity contribution in [2.45, 2.75) is 66.3 Å². The van der Waals surface area contributed by atoms with Crippen molar-refractivity contribution in [3.8, 4) is 0 Å². The molecule has 1 aromatic heterocycles. The van der Waals surface area contributed by atoms with Crippen LogP contribution in [0.25, 0.3) is 0 Å². The molecule has 1 aromatic carbocycles. The van der Waals surface area contributed by atoms with Crippen LogP contribution in [-0.4, -0.2) is 56.7 Å². The fraction of sp³-hybridized carbons (Fsp3) is 0.480. The van der Waals surface area contributed by atoms with E-state index >= 15 is 0 Å². The summed E-state index contributed by atoms with van der Waals surface area (Å²) in [5, 5.41) is 2.72. The Balaban J connectivity index is 2.01. The van der Waals surface area contributed by atoms with Gasteiger partial charge in [0.15, 0.2) is 11.5 Å². The highest BCUT2D eigenvalue weighted by Gasteiger charge is 2.35. The summed E-state index contributed by atoms with van der Waals surface area (Å²) in [6.07, 6.45) is 0.173. The average molecular weight is 469 g/mol. The second-order valence-corrected chi connectivity index (χ2v) is 10.4. The van der Waals surface area contributed by atoms with E-state index in [0.717, 1.165) is 0 Å². The topological polar surface area (TPSA) is 111 Å². The first kappa shape index (κ1) is 25.1. The summed E-state index contributed by atoms with van der Waals surface area (Å²) in [5.41, 5.74) is -0.302. The van der Waals surface area contributed by atoms with Crippen molar-refractivity contribution >= 4 is 24.1 Å². The molecule has 182 valence electrons. The minimum absolute atomic E-state index is 0.0173. The van der Waals surface area contributed by atoms with Crippen LogP contribution in [0.15, 0.2) is 30.3 Å². The second-order valence-electron chi connectivity index (χ2n) is 10.4. The molecule has 0 bridgehead atoms. The molecule has 3 rings (SSSR count). The smallest absolute Gasteiger partial charge is 0.410 e. The average Bonchev–Trinajstić information content (AvgIpc) is 3.14. The van der Waals surface area contributed by atoms with Crippen molar-refractivity contribution in [2.24, 2.45) is 5.41 Å². The lowest BCUT2D eigenvalue weighted by atomic mass is 9.87. The summed E-state index contributed by atoms with van der Waals surface area (Å²) >= 11 is 0. The van der Waals surface area contributed by atoms with Gasteiger partial charge in [-0.1, -0.05) is 51.1 Å². The van der Waals surface area contributed by atoms with Crippen molar-refractivity contribution < 1.29 is 23.9 Å². The van der Waals surface area contributed by atoms with Crippen LogP contribution in [0.4, 0.5) is 4.79 Å². The molecule has 0 fully saturated rings. The zero-order chi connectivity index (χ0) is 25.3. The van der Waals surface area contributed by atoms with Crippen LogP contribution >= 0.6 is 0 Å². The van der Waals surface area contributed by atoms with Crippen LogP contribution in [-0.2, 0) is 22.6 Å². The van der Waals surface area contributed by atoms with Crippen LogP contribution in [0.5, 0.6) is 0 Å². The standard InChI is InChI=1S/C25H32N4O5/c1-24(2,3)18(15-30)26-22(32)19-17-14-28(23(33)34-25(4,5)6)12-13-29(17)21(27-19)20(31)16-10-8-7-9-11-16/h7-11,15,18H,12-14H2,1-6H3,(H,26,32)/t18-/m1/s1. The summed E-state index contributed by atoms with van der Waals surface area (Å²) in [7, 11) is 0. The maximum absolute atomic E-state index is 13.2. The molecule has 0 unspecified atom stereocenters. The third-order valence-electron chi connectivity index (χ3n) is 5.47. The predicted octanol–water partition coefficient (Wildman–Crippen LogP) is 3.21. The number of nitrogens with one attached hydrogen (secondary N) is 1. The van der Waals surface area contributed by atoms with Gasteiger partial charge in [-0.15, -0.1) is 0 Å². The first-order chi connectivity index (χ1) is 15.8. The zero-order valence-corrected chi connectivity index (χ0v) is 20.5. The number of carbonyl (C=O) groups excluding carboxylic acids is 4. The molecule has 1 aliphatic rings. The molecule has 0 saturated heterocycles. The summed E-state index contributed by atoms with van der Waals surface area (Å²) in [6, 6.07) is 7.92. The third kappa shape index (κ3) is 5.52. The molecule has 2 amide bonds. The van der Waals surface area contributed by atoms with Crippen molar-refractivity contribution in [1.82, 2.24) is 19.8 Å². The number of imidazole rings is 1. The third-order valence-corrected chi connectivity index (χ3v) is 5.47. The van der Waals surface area contributed by atoms with E-state index in [4.69, 9.17) is 4.74 Å². The van der Waals surface area contributed by atoms with Crippen molar-refractivity contribution in [3.05, 3.63) is 53.1 Å². The number of benzene rings is 1. The van der Waals surface area contributed by atoms with Gasteiger partial charge in [-0.25, -0.2) is 9.78 Å². The van der Waals surface area contributed by atoms with Crippen LogP contribution in [0, 0.1) is 5.41 Å². The van der Waals surface area contributed by atoms with Crippen molar-refractivity contribution in [2.75, 3.05) is 6.54 Å². The number of hydrogen-bond donors (Lipinski definition) is 1. The van der Waals surface area contributed by atoms with E-state index in [1.165, 1.54) is 4.90 Å². The SMILES string of the molecule is CC(C)(C)OC(=O)N1CCn2c(C(=O)c3ccccc3)nc(C(=O)N[C@H](C=O)C(C)(C)C)c2C1. The lowest BCUT2D eigenvalue weighted by Gasteiger charge is -2.31. The number of amides is 2. The Morgan fingerprint density at radius 3 is 2.26 bits per heavy atom. The molecule has 0 saturated carbocycles. The lowest BCUT2D eigenvalue weighted by Crippen LogP contribution is -2.46. The highest BCUT2D eigenvalue weighted by atomic mass is 16.6. The number of hydrogen-bond acceptors (Lipinski definition) is 6. The number of nitrogens with zero attached hydrogens (tertiary/aromatic N) is 3. The van der Waals surface area contributed by atoms with Crippen molar-refractivity contribution in [3.63, 3.8) is 0 Å². The van der Waals surface area contributed by atoms with E-state index in [0.29, 0.717) is 24.1 Å². The Hall–Kier alpha value is -3.49. The van der Waals surface area contributed by atoms with Gasteiger partial charge >= 0.3 is 6.09 Å². The molecule has 2 heterocycles. The van der Waals surface area contributed by atoms with Gasteiger partial charge in [0, 0.05) is 18.7 Å². The van der Waals surface area contributed by atoms with Gasteiger partial charge in [0.1, 0.15) is 11.9 Å². The minimum atomic E-state index is -0.754. The number of rotatable bonds is 5. The molecule has 9 heteroatoms. The number of ketones is 1. The maximum Gasteiger partial charge on any atom is 0.410 e. The van der Waals surface area contributed by atoms with E-state index in [-0.39, 0.29) is 30.4 Å². The Morgan fingerprint density at radius 1 is 1.06 bits per heavy atom. The fourth-order valence-corrected chi connectivity index (χ4v) is 3.59. The van der Waals surface area contributed by atoms with Gasteiger partial charge in [-0.3, -0.25) is 9.59 Å². The second kappa shape index (κ2) is 9.40. The zero-order valence-electron chi connectivity index (χ0n) is 20.5. The van der Waals surface area contributed by atoms with E-state index in [9.17, 15) is 19.2 Å². The normalized spacial score (nSPS) is 14.7. The number of fused-ring (bicyclic) bond motifs is 1. The Labute approximate surface area is 199 Å². The van der Waals surface area contributed by atoms with Gasteiger partial charge in [-0.05, 0) is 26.2 Å². The van der Waals surface area contributed by atoms with Gasteiger partial charge in [-0.2, -0.15) is 0 Å². The lowest BCUT2D eigenvalue weighted by molar-refractivity contribution is -0.111. The summed E-state index contributed by atoms with van der Waals surface area (Å²) in [5.74, 6) is -0.781. The minimum Gasteiger partial charge on any atom is -0.444 e. The van der Waals surface area contributed by atoms with Crippen LogP contribution < -0.4 is 5.32 Å². The van der Waals surface area contributed by atoms with Gasteiger partial charge in [0.05, 0.1) is 18.3 Å². The molecule has 0 aliphatic carbocycles. The van der Waals surface area contributed by atoms with E-state index in [1.807, 2.05) is 26.8 Å².